The van der Waals surface area contributed by atoms with Gasteiger partial charge in [-0.05, 0) is 19.1 Å². The number of hydrogen-bond acceptors (Lipinski definition) is 3. The molecule has 7 heteroatoms. The maximum atomic E-state index is 13.2. The predicted molar refractivity (Wildman–Crippen MR) is 84.8 cm³/mol. The highest BCUT2D eigenvalue weighted by Crippen LogP contribution is 2.30. The number of benzene rings is 2. The van der Waals surface area contributed by atoms with E-state index in [1.54, 1.807) is 24.3 Å². The Hall–Kier alpha value is -2.96. The lowest BCUT2D eigenvalue weighted by molar-refractivity contribution is -0.124. The van der Waals surface area contributed by atoms with Crippen molar-refractivity contribution in [3.05, 3.63) is 54.1 Å². The number of carbonyl (C=O) groups excluding carboxylic acids is 2. The van der Waals surface area contributed by atoms with Crippen LogP contribution in [0.3, 0.4) is 0 Å². The lowest BCUT2D eigenvalue weighted by Gasteiger charge is -2.15. The van der Waals surface area contributed by atoms with Gasteiger partial charge in [0.25, 0.3) is 0 Å². The second kappa shape index (κ2) is 7.54. The van der Waals surface area contributed by atoms with Gasteiger partial charge in [0.05, 0.1) is 5.69 Å². The monoisotopic (exact) mass is 334 g/mol. The van der Waals surface area contributed by atoms with E-state index in [4.69, 9.17) is 4.74 Å². The average molecular weight is 334 g/mol. The summed E-state index contributed by atoms with van der Waals surface area (Å²) in [4.78, 5) is 23.1. The van der Waals surface area contributed by atoms with E-state index in [1.165, 1.54) is 13.8 Å². The molecule has 126 valence electrons. The number of ether oxygens (including phenoxy) is 1. The standard InChI is InChI=1S/C17H16F2N2O3/c1-10(20-11(2)22)17(23)21-15-5-3-4-6-16(15)24-14-8-12(18)7-13(19)9-14/h3-10H,1-2H3,(H,20,22)(H,21,23)/t10-/m1/s1. The van der Waals surface area contributed by atoms with Crippen LogP contribution in [0.5, 0.6) is 11.5 Å². The minimum atomic E-state index is -0.772. The fourth-order valence-electron chi connectivity index (χ4n) is 1.98. The van der Waals surface area contributed by atoms with Crippen LogP contribution in [0.4, 0.5) is 14.5 Å². The van der Waals surface area contributed by atoms with Gasteiger partial charge in [0.2, 0.25) is 11.8 Å². The van der Waals surface area contributed by atoms with Gasteiger partial charge in [-0.15, -0.1) is 0 Å². The zero-order valence-corrected chi connectivity index (χ0v) is 13.1. The molecule has 0 spiro atoms. The van der Waals surface area contributed by atoms with E-state index < -0.39 is 23.6 Å². The van der Waals surface area contributed by atoms with Gasteiger partial charge in [-0.25, -0.2) is 8.78 Å². The SMILES string of the molecule is CC(=O)N[C@H](C)C(=O)Nc1ccccc1Oc1cc(F)cc(F)c1. The maximum Gasteiger partial charge on any atom is 0.246 e. The number of amides is 2. The first-order valence-corrected chi connectivity index (χ1v) is 7.16. The van der Waals surface area contributed by atoms with Crippen molar-refractivity contribution in [2.75, 3.05) is 5.32 Å². The molecule has 2 aromatic carbocycles. The Morgan fingerprint density at radius 2 is 1.71 bits per heavy atom. The molecule has 0 fully saturated rings. The van der Waals surface area contributed by atoms with Crippen LogP contribution in [0.1, 0.15) is 13.8 Å². The van der Waals surface area contributed by atoms with Gasteiger partial charge in [-0.1, -0.05) is 12.1 Å². The van der Waals surface area contributed by atoms with Gasteiger partial charge in [0.15, 0.2) is 5.75 Å². The van der Waals surface area contributed by atoms with Crippen molar-refractivity contribution >= 4 is 17.5 Å². The van der Waals surface area contributed by atoms with Gasteiger partial charge < -0.3 is 15.4 Å². The molecule has 24 heavy (non-hydrogen) atoms. The molecule has 2 aromatic rings. The number of anilines is 1. The summed E-state index contributed by atoms with van der Waals surface area (Å²) in [5.41, 5.74) is 0.310. The zero-order chi connectivity index (χ0) is 17.7. The van der Waals surface area contributed by atoms with E-state index in [2.05, 4.69) is 10.6 Å². The molecule has 2 rings (SSSR count). The molecule has 2 N–H and O–H groups in total. The molecule has 0 bridgehead atoms. The topological polar surface area (TPSA) is 67.4 Å². The highest BCUT2D eigenvalue weighted by Gasteiger charge is 2.16. The summed E-state index contributed by atoms with van der Waals surface area (Å²) in [7, 11) is 0. The minimum Gasteiger partial charge on any atom is -0.455 e. The highest BCUT2D eigenvalue weighted by atomic mass is 19.1. The molecule has 0 aliphatic heterocycles. The van der Waals surface area contributed by atoms with E-state index >= 15 is 0 Å². The second-order valence-electron chi connectivity index (χ2n) is 5.11. The highest BCUT2D eigenvalue weighted by molar-refractivity contribution is 5.97. The van der Waals surface area contributed by atoms with Gasteiger partial charge in [-0.2, -0.15) is 0 Å². The van der Waals surface area contributed by atoms with Crippen LogP contribution in [0.2, 0.25) is 0 Å². The lowest BCUT2D eigenvalue weighted by Crippen LogP contribution is -2.40. The smallest absolute Gasteiger partial charge is 0.246 e. The fraction of sp³-hybridized carbons (Fsp3) is 0.176. The van der Waals surface area contributed by atoms with Crippen LogP contribution < -0.4 is 15.4 Å². The Labute approximate surface area is 137 Å². The number of halogens is 2. The van der Waals surface area contributed by atoms with Crippen molar-refractivity contribution in [1.82, 2.24) is 5.32 Å². The van der Waals surface area contributed by atoms with Crippen LogP contribution in [-0.2, 0) is 9.59 Å². The van der Waals surface area contributed by atoms with E-state index in [0.29, 0.717) is 5.69 Å². The number of para-hydroxylation sites is 2. The van der Waals surface area contributed by atoms with E-state index in [1.807, 2.05) is 0 Å². The van der Waals surface area contributed by atoms with Crippen molar-refractivity contribution < 1.29 is 23.1 Å². The molecule has 0 saturated heterocycles. The summed E-state index contributed by atoms with van der Waals surface area (Å²) in [6.07, 6.45) is 0. The summed E-state index contributed by atoms with van der Waals surface area (Å²) in [5.74, 6) is -2.16. The van der Waals surface area contributed by atoms with Gasteiger partial charge in [0, 0.05) is 25.1 Å². The Balaban J connectivity index is 2.18. The van der Waals surface area contributed by atoms with Crippen LogP contribution in [0.15, 0.2) is 42.5 Å². The molecular formula is C17H16F2N2O3. The number of carbonyl (C=O) groups is 2. The van der Waals surface area contributed by atoms with E-state index in [9.17, 15) is 18.4 Å². The van der Waals surface area contributed by atoms with Gasteiger partial charge >= 0.3 is 0 Å². The van der Waals surface area contributed by atoms with Crippen LogP contribution in [0.25, 0.3) is 0 Å². The lowest BCUT2D eigenvalue weighted by atomic mass is 10.2. The van der Waals surface area contributed by atoms with Crippen molar-refractivity contribution in [1.29, 1.82) is 0 Å². The second-order valence-corrected chi connectivity index (χ2v) is 5.11. The molecule has 1 atom stereocenters. The molecule has 5 nitrogen and oxygen atoms in total. The Morgan fingerprint density at radius 3 is 2.33 bits per heavy atom. The first-order valence-electron chi connectivity index (χ1n) is 7.16. The number of rotatable bonds is 5. The fourth-order valence-corrected chi connectivity index (χ4v) is 1.98. The third-order valence-electron chi connectivity index (χ3n) is 3.02. The molecule has 0 heterocycles. The number of hydrogen-bond donors (Lipinski definition) is 2. The summed E-state index contributed by atoms with van der Waals surface area (Å²) in [6, 6.07) is 8.47. The maximum absolute atomic E-state index is 13.2. The van der Waals surface area contributed by atoms with Crippen molar-refractivity contribution in [3.8, 4) is 11.5 Å². The van der Waals surface area contributed by atoms with Crippen molar-refractivity contribution in [2.45, 2.75) is 19.9 Å². The average Bonchev–Trinajstić information content (AvgIpc) is 2.47. The summed E-state index contributed by atoms with van der Waals surface area (Å²) >= 11 is 0. The Morgan fingerprint density at radius 1 is 1.08 bits per heavy atom. The van der Waals surface area contributed by atoms with Crippen molar-refractivity contribution in [2.24, 2.45) is 0 Å². The zero-order valence-electron chi connectivity index (χ0n) is 13.1. The normalized spacial score (nSPS) is 11.5. The predicted octanol–water partition coefficient (Wildman–Crippen LogP) is 3.22. The molecule has 0 saturated carbocycles. The molecule has 0 radical (unpaired) electrons. The van der Waals surface area contributed by atoms with E-state index in [0.717, 1.165) is 18.2 Å². The number of nitrogens with one attached hydrogen (secondary N) is 2. The Kier molecular flexibility index (Phi) is 5.47. The molecule has 0 unspecified atom stereocenters. The molecule has 2 amide bonds. The molecule has 0 aliphatic rings. The summed E-state index contributed by atoms with van der Waals surface area (Å²) in [6.45, 7) is 2.83. The minimum absolute atomic E-state index is 0.0379. The third-order valence-corrected chi connectivity index (χ3v) is 3.02. The van der Waals surface area contributed by atoms with E-state index in [-0.39, 0.29) is 17.4 Å². The molecule has 0 aliphatic carbocycles. The summed E-state index contributed by atoms with van der Waals surface area (Å²) < 4.78 is 31.9. The van der Waals surface area contributed by atoms with Crippen LogP contribution in [0, 0.1) is 11.6 Å². The van der Waals surface area contributed by atoms with Crippen LogP contribution in [-0.4, -0.2) is 17.9 Å². The third kappa shape index (κ3) is 4.77. The summed E-state index contributed by atoms with van der Waals surface area (Å²) in [5, 5.41) is 5.05. The first-order chi connectivity index (χ1) is 11.3. The van der Waals surface area contributed by atoms with Crippen molar-refractivity contribution in [3.63, 3.8) is 0 Å². The molecular weight excluding hydrogens is 318 g/mol. The quantitative estimate of drug-likeness (QED) is 0.882. The van der Waals surface area contributed by atoms with Gasteiger partial charge in [0.1, 0.15) is 23.4 Å². The van der Waals surface area contributed by atoms with Gasteiger partial charge in [-0.3, -0.25) is 9.59 Å². The van der Waals surface area contributed by atoms with Crippen LogP contribution >= 0.6 is 0 Å². The Bertz CT molecular complexity index is 745. The first kappa shape index (κ1) is 17.4. The largest absolute Gasteiger partial charge is 0.455 e. The molecule has 0 aromatic heterocycles.